The van der Waals surface area contributed by atoms with Crippen molar-refractivity contribution in [3.05, 3.63) is 48.5 Å². The predicted octanol–water partition coefficient (Wildman–Crippen LogP) is 3.89. The molecule has 0 saturated carbocycles. The zero-order chi connectivity index (χ0) is 22.6. The molecule has 1 N–H and O–H groups in total. The number of hydrogen-bond acceptors (Lipinski definition) is 7. The van der Waals surface area contributed by atoms with Gasteiger partial charge in [-0.25, -0.2) is 0 Å². The third kappa shape index (κ3) is 5.69. The van der Waals surface area contributed by atoms with Crippen LogP contribution >= 0.6 is 11.8 Å². The summed E-state index contributed by atoms with van der Waals surface area (Å²) in [6, 6.07) is 12.8. The van der Waals surface area contributed by atoms with Crippen LogP contribution in [0.3, 0.4) is 0 Å². The van der Waals surface area contributed by atoms with Gasteiger partial charge in [0.15, 0.2) is 0 Å². The van der Waals surface area contributed by atoms with Crippen LogP contribution in [0.5, 0.6) is 5.75 Å². The second-order valence-corrected chi connectivity index (χ2v) is 7.94. The summed E-state index contributed by atoms with van der Waals surface area (Å²) in [4.78, 5) is 14.6. The minimum Gasteiger partial charge on any atom is -0.406 e. The molecule has 8 nitrogen and oxygen atoms in total. The summed E-state index contributed by atoms with van der Waals surface area (Å²) in [6.07, 6.45) is -2.37. The Hall–Kier alpha value is -3.28. The highest BCUT2D eigenvalue weighted by molar-refractivity contribution is 7.99. The molecule has 168 valence electrons. The molecule has 0 atom stereocenters. The van der Waals surface area contributed by atoms with Crippen molar-refractivity contribution in [2.45, 2.75) is 24.4 Å². The Morgan fingerprint density at radius 3 is 2.34 bits per heavy atom. The van der Waals surface area contributed by atoms with Crippen LogP contribution in [0.25, 0.3) is 5.69 Å². The lowest BCUT2D eigenvalue weighted by Crippen LogP contribution is -2.18. The first kappa shape index (κ1) is 21.9. The lowest BCUT2D eigenvalue weighted by Gasteiger charge is -2.17. The van der Waals surface area contributed by atoms with E-state index in [1.54, 1.807) is 0 Å². The quantitative estimate of drug-likeness (QED) is 0.531. The molecule has 1 saturated heterocycles. The molecule has 32 heavy (non-hydrogen) atoms. The van der Waals surface area contributed by atoms with Crippen LogP contribution in [0.2, 0.25) is 0 Å². The molecule has 0 radical (unpaired) electrons. The fourth-order valence-corrected chi connectivity index (χ4v) is 3.97. The number of rotatable bonds is 7. The van der Waals surface area contributed by atoms with Gasteiger partial charge in [-0.2, -0.15) is 4.68 Å². The number of benzene rings is 2. The van der Waals surface area contributed by atoms with E-state index in [9.17, 15) is 18.0 Å². The number of ether oxygens (including phenoxy) is 1. The average molecular weight is 464 g/mol. The lowest BCUT2D eigenvalue weighted by molar-refractivity contribution is -0.274. The van der Waals surface area contributed by atoms with Crippen molar-refractivity contribution in [3.63, 3.8) is 0 Å². The molecular weight excluding hydrogens is 445 g/mol. The van der Waals surface area contributed by atoms with Crippen molar-refractivity contribution >= 4 is 29.0 Å². The fourth-order valence-electron chi connectivity index (χ4n) is 3.28. The van der Waals surface area contributed by atoms with E-state index >= 15 is 0 Å². The van der Waals surface area contributed by atoms with Crippen molar-refractivity contribution in [1.82, 2.24) is 20.2 Å². The van der Waals surface area contributed by atoms with Crippen LogP contribution in [0, 0.1) is 0 Å². The monoisotopic (exact) mass is 464 g/mol. The Kier molecular flexibility index (Phi) is 6.49. The molecular formula is C20H19F3N6O2S. The minimum absolute atomic E-state index is 0.0590. The number of hydrogen-bond donors (Lipinski definition) is 1. The van der Waals surface area contributed by atoms with Gasteiger partial charge in [0.1, 0.15) is 5.75 Å². The van der Waals surface area contributed by atoms with Crippen LogP contribution in [-0.4, -0.2) is 51.3 Å². The summed E-state index contributed by atoms with van der Waals surface area (Å²) < 4.78 is 42.1. The second kappa shape index (κ2) is 9.47. The highest BCUT2D eigenvalue weighted by Gasteiger charge is 2.31. The molecule has 12 heteroatoms. The molecule has 1 fully saturated rings. The first-order valence-electron chi connectivity index (χ1n) is 9.80. The maximum atomic E-state index is 12.3. The number of nitrogens with one attached hydrogen (secondary N) is 1. The number of anilines is 2. The van der Waals surface area contributed by atoms with Gasteiger partial charge in [0.2, 0.25) is 11.1 Å². The lowest BCUT2D eigenvalue weighted by atomic mass is 10.2. The molecule has 4 rings (SSSR count). The van der Waals surface area contributed by atoms with Gasteiger partial charge < -0.3 is 15.0 Å². The van der Waals surface area contributed by atoms with Crippen LogP contribution in [0.15, 0.2) is 53.7 Å². The Labute approximate surface area is 185 Å². The Balaban J connectivity index is 1.33. The maximum Gasteiger partial charge on any atom is 0.573 e. The molecule has 0 unspecified atom stereocenters. The molecule has 1 amide bonds. The Morgan fingerprint density at radius 2 is 1.69 bits per heavy atom. The van der Waals surface area contributed by atoms with E-state index in [-0.39, 0.29) is 17.4 Å². The summed E-state index contributed by atoms with van der Waals surface area (Å²) >= 11 is 1.11. The third-order valence-electron chi connectivity index (χ3n) is 4.71. The van der Waals surface area contributed by atoms with Crippen molar-refractivity contribution in [1.29, 1.82) is 0 Å². The number of halogens is 3. The molecule has 0 spiro atoms. The van der Waals surface area contributed by atoms with Gasteiger partial charge >= 0.3 is 6.36 Å². The molecule has 1 aliphatic rings. The number of amides is 1. The van der Waals surface area contributed by atoms with Crippen molar-refractivity contribution < 1.29 is 22.7 Å². The summed E-state index contributed by atoms with van der Waals surface area (Å²) in [5.74, 6) is -0.519. The summed E-state index contributed by atoms with van der Waals surface area (Å²) in [5, 5.41) is 14.5. The minimum atomic E-state index is -4.76. The number of aromatic nitrogens is 4. The van der Waals surface area contributed by atoms with E-state index in [4.69, 9.17) is 0 Å². The van der Waals surface area contributed by atoms with E-state index in [2.05, 4.69) is 30.5 Å². The first-order valence-corrected chi connectivity index (χ1v) is 10.8. The molecule has 1 aromatic heterocycles. The largest absolute Gasteiger partial charge is 0.573 e. The van der Waals surface area contributed by atoms with Crippen LogP contribution in [-0.2, 0) is 4.79 Å². The van der Waals surface area contributed by atoms with E-state index in [0.29, 0.717) is 16.5 Å². The SMILES string of the molecule is O=C(CSc1nnnn1-c1ccc(OC(F)(F)F)cc1)Nc1ccc(N2CCCC2)cc1. The maximum absolute atomic E-state index is 12.3. The summed E-state index contributed by atoms with van der Waals surface area (Å²) in [7, 11) is 0. The average Bonchev–Trinajstić information content (AvgIpc) is 3.45. The fraction of sp³-hybridized carbons (Fsp3) is 0.300. The van der Waals surface area contributed by atoms with Gasteiger partial charge in [0.25, 0.3) is 0 Å². The highest BCUT2D eigenvalue weighted by Crippen LogP contribution is 2.25. The zero-order valence-corrected chi connectivity index (χ0v) is 17.6. The highest BCUT2D eigenvalue weighted by atomic mass is 32.2. The normalized spacial score (nSPS) is 13.9. The Morgan fingerprint density at radius 1 is 1.03 bits per heavy atom. The van der Waals surface area contributed by atoms with Gasteiger partial charge in [-0.05, 0) is 71.8 Å². The predicted molar refractivity (Wildman–Crippen MR) is 113 cm³/mol. The molecule has 1 aliphatic heterocycles. The molecule has 0 aliphatic carbocycles. The summed E-state index contributed by atoms with van der Waals surface area (Å²) in [6.45, 7) is 2.10. The Bertz CT molecular complexity index is 1050. The van der Waals surface area contributed by atoms with Gasteiger partial charge in [0, 0.05) is 24.5 Å². The number of alkyl halides is 3. The number of tetrazole rings is 1. The van der Waals surface area contributed by atoms with Crippen molar-refractivity contribution in [2.24, 2.45) is 0 Å². The van der Waals surface area contributed by atoms with Gasteiger partial charge in [-0.15, -0.1) is 18.3 Å². The van der Waals surface area contributed by atoms with E-state index < -0.39 is 6.36 Å². The third-order valence-corrected chi connectivity index (χ3v) is 5.63. The van der Waals surface area contributed by atoms with E-state index in [0.717, 1.165) is 42.7 Å². The van der Waals surface area contributed by atoms with Crippen molar-refractivity contribution in [2.75, 3.05) is 29.1 Å². The first-order chi connectivity index (χ1) is 15.4. The molecule has 2 aromatic carbocycles. The van der Waals surface area contributed by atoms with E-state index in [1.165, 1.54) is 29.7 Å². The molecule has 2 heterocycles. The van der Waals surface area contributed by atoms with Crippen LogP contribution < -0.4 is 15.0 Å². The molecule has 0 bridgehead atoms. The number of nitrogens with zero attached hydrogens (tertiary/aromatic N) is 5. The van der Waals surface area contributed by atoms with Crippen molar-refractivity contribution in [3.8, 4) is 11.4 Å². The van der Waals surface area contributed by atoms with E-state index in [1.807, 2.05) is 24.3 Å². The van der Waals surface area contributed by atoms with Crippen LogP contribution in [0.1, 0.15) is 12.8 Å². The topological polar surface area (TPSA) is 85.2 Å². The second-order valence-electron chi connectivity index (χ2n) is 6.99. The number of thioether (sulfide) groups is 1. The smallest absolute Gasteiger partial charge is 0.406 e. The molecule has 3 aromatic rings. The van der Waals surface area contributed by atoms with Gasteiger partial charge in [-0.1, -0.05) is 11.8 Å². The van der Waals surface area contributed by atoms with Gasteiger partial charge in [-0.3, -0.25) is 4.79 Å². The zero-order valence-electron chi connectivity index (χ0n) is 16.7. The van der Waals surface area contributed by atoms with Gasteiger partial charge in [0.05, 0.1) is 11.4 Å². The number of carbonyl (C=O) groups excluding carboxylic acids is 1. The number of carbonyl (C=O) groups is 1. The standard InChI is InChI=1S/C20H19F3N6O2S/c21-20(22,23)31-17-9-7-16(8-10-17)29-19(25-26-27-29)32-13-18(30)24-14-3-5-15(6-4-14)28-11-1-2-12-28/h3-10H,1-2,11-13H2,(H,24,30). The van der Waals surface area contributed by atoms with Crippen LogP contribution in [0.4, 0.5) is 24.5 Å². The summed E-state index contributed by atoms with van der Waals surface area (Å²) in [5.41, 5.74) is 2.27.